The van der Waals surface area contributed by atoms with E-state index < -0.39 is 0 Å². The number of imidazole rings is 1. The lowest BCUT2D eigenvalue weighted by Gasteiger charge is -2.04. The molecule has 4 nitrogen and oxygen atoms in total. The molecular formula is C8H13N3O. The first-order valence-corrected chi connectivity index (χ1v) is 3.88. The number of hydrogen-bond acceptors (Lipinski definition) is 2. The number of hydrogen-bond donors (Lipinski definition) is 1. The van der Waals surface area contributed by atoms with Crippen LogP contribution in [0, 0.1) is 0 Å². The number of aromatic nitrogens is 2. The summed E-state index contributed by atoms with van der Waals surface area (Å²) in [5.74, 6) is -0.120. The lowest BCUT2D eigenvalue weighted by Crippen LogP contribution is -2.30. The van der Waals surface area contributed by atoms with Crippen molar-refractivity contribution < 1.29 is 4.79 Å². The topological polar surface area (TPSA) is 46.9 Å². The summed E-state index contributed by atoms with van der Waals surface area (Å²) in [4.78, 5) is 15.2. The summed E-state index contributed by atoms with van der Waals surface area (Å²) in [5, 5.41) is 2.76. The van der Waals surface area contributed by atoms with Crippen LogP contribution in [0.2, 0.25) is 0 Å². The Labute approximate surface area is 71.6 Å². The Bertz CT molecular complexity index is 278. The molecule has 1 amide bonds. The lowest BCUT2D eigenvalue weighted by molar-refractivity contribution is 0.0938. The van der Waals surface area contributed by atoms with Crippen LogP contribution in [-0.2, 0) is 7.05 Å². The van der Waals surface area contributed by atoms with Crippen molar-refractivity contribution in [3.05, 3.63) is 18.2 Å². The van der Waals surface area contributed by atoms with Crippen molar-refractivity contribution in [1.29, 1.82) is 0 Å². The van der Waals surface area contributed by atoms with E-state index in [1.165, 1.54) is 0 Å². The molecule has 0 saturated carbocycles. The van der Waals surface area contributed by atoms with Crippen molar-refractivity contribution in [3.63, 3.8) is 0 Å². The zero-order chi connectivity index (χ0) is 9.14. The largest absolute Gasteiger partial charge is 0.348 e. The number of nitrogens with one attached hydrogen (secondary N) is 1. The fourth-order valence-corrected chi connectivity index (χ4v) is 0.866. The molecule has 0 aliphatic carbocycles. The maximum absolute atomic E-state index is 11.3. The number of carbonyl (C=O) groups is 1. The zero-order valence-electron chi connectivity index (χ0n) is 7.53. The summed E-state index contributed by atoms with van der Waals surface area (Å²) < 4.78 is 1.75. The molecule has 0 atom stereocenters. The summed E-state index contributed by atoms with van der Waals surface area (Å²) in [6.07, 6.45) is 3.30. The van der Waals surface area contributed by atoms with E-state index in [0.717, 1.165) is 0 Å². The summed E-state index contributed by atoms with van der Waals surface area (Å²) in [5.41, 5.74) is 0.464. The van der Waals surface area contributed by atoms with Crippen LogP contribution in [0.15, 0.2) is 12.5 Å². The standard InChI is InChI=1S/C8H13N3O/c1-6(2)10-8(12)7-4-11(3)5-9-7/h4-6H,1-3H3,(H,10,12). The Morgan fingerprint density at radius 3 is 2.75 bits per heavy atom. The highest BCUT2D eigenvalue weighted by atomic mass is 16.1. The molecule has 0 radical (unpaired) electrons. The van der Waals surface area contributed by atoms with Crippen LogP contribution in [0.4, 0.5) is 0 Å². The van der Waals surface area contributed by atoms with E-state index in [1.807, 2.05) is 20.9 Å². The summed E-state index contributed by atoms with van der Waals surface area (Å²) in [6.45, 7) is 3.84. The Morgan fingerprint density at radius 1 is 1.67 bits per heavy atom. The van der Waals surface area contributed by atoms with Crippen molar-refractivity contribution in [2.24, 2.45) is 7.05 Å². The molecule has 66 valence electrons. The lowest BCUT2D eigenvalue weighted by atomic mass is 10.3. The predicted octanol–water partition coefficient (Wildman–Crippen LogP) is 0.558. The third kappa shape index (κ3) is 2.08. The molecule has 0 aromatic carbocycles. The molecule has 1 rings (SSSR count). The SMILES string of the molecule is CC(C)NC(=O)c1cn(C)cn1. The Balaban J connectivity index is 2.65. The van der Waals surface area contributed by atoms with E-state index in [2.05, 4.69) is 10.3 Å². The molecule has 1 N–H and O–H groups in total. The van der Waals surface area contributed by atoms with Gasteiger partial charge in [0.05, 0.1) is 6.33 Å². The molecule has 0 saturated heterocycles. The molecule has 12 heavy (non-hydrogen) atoms. The quantitative estimate of drug-likeness (QED) is 0.699. The number of carbonyl (C=O) groups excluding carboxylic acids is 1. The van der Waals surface area contributed by atoms with Crippen molar-refractivity contribution in [1.82, 2.24) is 14.9 Å². The van der Waals surface area contributed by atoms with Gasteiger partial charge in [-0.15, -0.1) is 0 Å². The van der Waals surface area contributed by atoms with Gasteiger partial charge in [-0.1, -0.05) is 0 Å². The normalized spacial score (nSPS) is 10.3. The molecule has 1 aromatic rings. The van der Waals surface area contributed by atoms with Gasteiger partial charge in [-0.05, 0) is 13.8 Å². The van der Waals surface area contributed by atoms with Crippen molar-refractivity contribution in [2.75, 3.05) is 0 Å². The van der Waals surface area contributed by atoms with E-state index in [4.69, 9.17) is 0 Å². The highest BCUT2D eigenvalue weighted by Crippen LogP contribution is 1.94. The fraction of sp³-hybridized carbons (Fsp3) is 0.500. The first kappa shape index (κ1) is 8.77. The van der Waals surface area contributed by atoms with Gasteiger partial charge in [0.2, 0.25) is 0 Å². The second kappa shape index (κ2) is 3.38. The molecule has 0 aliphatic heterocycles. The smallest absolute Gasteiger partial charge is 0.271 e. The Hall–Kier alpha value is -1.32. The van der Waals surface area contributed by atoms with E-state index in [9.17, 15) is 4.79 Å². The van der Waals surface area contributed by atoms with Crippen LogP contribution in [0.25, 0.3) is 0 Å². The Kier molecular flexibility index (Phi) is 2.47. The van der Waals surface area contributed by atoms with Crippen LogP contribution in [0.5, 0.6) is 0 Å². The molecule has 0 aliphatic rings. The van der Waals surface area contributed by atoms with Gasteiger partial charge in [-0.25, -0.2) is 4.98 Å². The molecule has 4 heteroatoms. The van der Waals surface area contributed by atoms with Crippen molar-refractivity contribution >= 4 is 5.91 Å². The number of amides is 1. The van der Waals surface area contributed by atoms with E-state index >= 15 is 0 Å². The van der Waals surface area contributed by atoms with Gasteiger partial charge >= 0.3 is 0 Å². The summed E-state index contributed by atoms with van der Waals surface area (Å²) in [7, 11) is 1.83. The fourth-order valence-electron chi connectivity index (χ4n) is 0.866. The Morgan fingerprint density at radius 2 is 2.33 bits per heavy atom. The zero-order valence-corrected chi connectivity index (χ0v) is 7.53. The second-order valence-electron chi connectivity index (χ2n) is 3.05. The van der Waals surface area contributed by atoms with Crippen LogP contribution < -0.4 is 5.32 Å². The summed E-state index contributed by atoms with van der Waals surface area (Å²) >= 11 is 0. The van der Waals surface area contributed by atoms with Crippen LogP contribution in [-0.4, -0.2) is 21.5 Å². The van der Waals surface area contributed by atoms with E-state index in [1.54, 1.807) is 17.1 Å². The van der Waals surface area contributed by atoms with Gasteiger partial charge in [0, 0.05) is 19.3 Å². The third-order valence-corrected chi connectivity index (χ3v) is 1.36. The average Bonchev–Trinajstić information content (AvgIpc) is 2.34. The number of aryl methyl sites for hydroxylation is 1. The maximum Gasteiger partial charge on any atom is 0.271 e. The first-order chi connectivity index (χ1) is 5.59. The van der Waals surface area contributed by atoms with Gasteiger partial charge < -0.3 is 9.88 Å². The third-order valence-electron chi connectivity index (χ3n) is 1.36. The minimum absolute atomic E-state index is 0.120. The van der Waals surface area contributed by atoms with Gasteiger partial charge in [-0.3, -0.25) is 4.79 Å². The van der Waals surface area contributed by atoms with Gasteiger partial charge in [0.15, 0.2) is 0 Å². The minimum Gasteiger partial charge on any atom is -0.348 e. The monoisotopic (exact) mass is 167 g/mol. The van der Waals surface area contributed by atoms with Crippen molar-refractivity contribution in [2.45, 2.75) is 19.9 Å². The number of rotatable bonds is 2. The maximum atomic E-state index is 11.3. The molecule has 0 fully saturated rings. The highest BCUT2D eigenvalue weighted by molar-refractivity contribution is 5.92. The van der Waals surface area contributed by atoms with Gasteiger partial charge in [-0.2, -0.15) is 0 Å². The van der Waals surface area contributed by atoms with Crippen molar-refractivity contribution in [3.8, 4) is 0 Å². The van der Waals surface area contributed by atoms with Gasteiger partial charge in [0.1, 0.15) is 5.69 Å². The van der Waals surface area contributed by atoms with Crippen LogP contribution >= 0.6 is 0 Å². The van der Waals surface area contributed by atoms with E-state index in [-0.39, 0.29) is 11.9 Å². The molecule has 0 unspecified atom stereocenters. The molecule has 0 spiro atoms. The van der Waals surface area contributed by atoms with Gasteiger partial charge in [0.25, 0.3) is 5.91 Å². The molecule has 0 bridgehead atoms. The first-order valence-electron chi connectivity index (χ1n) is 3.88. The molecule has 1 heterocycles. The minimum atomic E-state index is -0.120. The summed E-state index contributed by atoms with van der Waals surface area (Å²) in [6, 6.07) is 0.152. The van der Waals surface area contributed by atoms with E-state index in [0.29, 0.717) is 5.69 Å². The molecule has 1 aromatic heterocycles. The predicted molar refractivity (Wildman–Crippen MR) is 45.8 cm³/mol. The van der Waals surface area contributed by atoms with Crippen LogP contribution in [0.1, 0.15) is 24.3 Å². The second-order valence-corrected chi connectivity index (χ2v) is 3.05. The average molecular weight is 167 g/mol. The highest BCUT2D eigenvalue weighted by Gasteiger charge is 2.08. The molecular weight excluding hydrogens is 154 g/mol. The number of nitrogens with zero attached hydrogens (tertiary/aromatic N) is 2. The van der Waals surface area contributed by atoms with Crippen LogP contribution in [0.3, 0.4) is 0 Å².